The molecule has 0 fully saturated rings. The van der Waals surface area contributed by atoms with Crippen molar-refractivity contribution in [3.05, 3.63) is 64.7 Å². The van der Waals surface area contributed by atoms with Gasteiger partial charge in [-0.25, -0.2) is 4.98 Å². The maximum atomic E-state index is 6.68. The van der Waals surface area contributed by atoms with Crippen LogP contribution in [0.5, 0.6) is 5.75 Å². The molecule has 1 aliphatic rings. The predicted octanol–water partition coefficient (Wildman–Crippen LogP) is 5.12. The van der Waals surface area contributed by atoms with Crippen molar-refractivity contribution < 1.29 is 9.47 Å². The van der Waals surface area contributed by atoms with E-state index in [1.807, 2.05) is 42.5 Å². The Bertz CT molecular complexity index is 1280. The van der Waals surface area contributed by atoms with Gasteiger partial charge in [-0.1, -0.05) is 35.9 Å². The Morgan fingerprint density at radius 1 is 1.03 bits per heavy atom. The third kappa shape index (κ3) is 3.45. The topological polar surface area (TPSA) is 83.2 Å². The fraction of sp³-hybridized carbons (Fsp3) is 0.136. The quantitative estimate of drug-likeness (QED) is 0.475. The monoisotopic (exact) mass is 436 g/mol. The number of nitrogens with zero attached hydrogens (tertiary/aromatic N) is 3. The highest BCUT2D eigenvalue weighted by molar-refractivity contribution is 7.99. The van der Waals surface area contributed by atoms with Crippen molar-refractivity contribution in [1.82, 2.24) is 15.0 Å². The van der Waals surface area contributed by atoms with Crippen molar-refractivity contribution in [2.45, 2.75) is 23.3 Å². The first kappa shape index (κ1) is 19.1. The lowest BCUT2D eigenvalue weighted by Crippen LogP contribution is -2.06. The highest BCUT2D eigenvalue weighted by Gasteiger charge is 2.21. The molecule has 0 spiro atoms. The number of methoxy groups -OCH3 is 1. The van der Waals surface area contributed by atoms with Crippen molar-refractivity contribution in [3.8, 4) is 17.1 Å². The lowest BCUT2D eigenvalue weighted by Gasteiger charge is -2.20. The van der Waals surface area contributed by atoms with Crippen LogP contribution in [-0.2, 0) is 18.0 Å². The summed E-state index contributed by atoms with van der Waals surface area (Å²) in [5.41, 5.74) is 8.97. The number of halogens is 1. The molecule has 30 heavy (non-hydrogen) atoms. The van der Waals surface area contributed by atoms with Gasteiger partial charge in [-0.15, -0.1) is 0 Å². The fourth-order valence-corrected chi connectivity index (χ4v) is 4.77. The van der Waals surface area contributed by atoms with Gasteiger partial charge in [0.05, 0.1) is 25.3 Å². The number of ether oxygens (including phenoxy) is 2. The second-order valence-electron chi connectivity index (χ2n) is 6.81. The first-order chi connectivity index (χ1) is 14.6. The molecule has 6 nitrogen and oxygen atoms in total. The summed E-state index contributed by atoms with van der Waals surface area (Å²) >= 11 is 8.07. The fourth-order valence-electron chi connectivity index (χ4n) is 3.65. The van der Waals surface area contributed by atoms with Gasteiger partial charge in [0, 0.05) is 10.5 Å². The second kappa shape index (κ2) is 7.75. The molecule has 1 aromatic heterocycles. The van der Waals surface area contributed by atoms with Crippen LogP contribution in [0.2, 0.25) is 5.02 Å². The first-order valence-electron chi connectivity index (χ1n) is 9.27. The summed E-state index contributed by atoms with van der Waals surface area (Å²) in [5.74, 6) is 1.36. The minimum atomic E-state index is 0.144. The molecule has 0 aliphatic carbocycles. The highest BCUT2D eigenvalue weighted by atomic mass is 35.5. The number of aromatic nitrogens is 3. The Labute approximate surface area is 182 Å². The minimum Gasteiger partial charge on any atom is -0.497 e. The summed E-state index contributed by atoms with van der Waals surface area (Å²) in [6.07, 6.45) is 0. The van der Waals surface area contributed by atoms with Crippen LogP contribution in [0.3, 0.4) is 0 Å². The standard InChI is InChI=1S/C22H17ClN4O2S/c1-28-14-5-3-6-15(9-14)30-22-26-20(25-21(24)27-22)19-16-7-2-4-12-10-29-11-13(18(12)16)8-17(19)23/h2-9H,10-11H2,1H3,(H2,24,25,26,27). The molecule has 0 atom stereocenters. The molecule has 3 aromatic carbocycles. The van der Waals surface area contributed by atoms with E-state index < -0.39 is 0 Å². The summed E-state index contributed by atoms with van der Waals surface area (Å²) in [5, 5.41) is 3.18. The average Bonchev–Trinajstić information content (AvgIpc) is 2.74. The number of rotatable bonds is 4. The zero-order valence-electron chi connectivity index (χ0n) is 16.1. The molecular formula is C22H17ClN4O2S. The Morgan fingerprint density at radius 3 is 2.73 bits per heavy atom. The van der Waals surface area contributed by atoms with E-state index in [1.165, 1.54) is 11.8 Å². The van der Waals surface area contributed by atoms with Crippen LogP contribution in [-0.4, -0.2) is 22.1 Å². The maximum Gasteiger partial charge on any atom is 0.224 e. The average molecular weight is 437 g/mol. The Hall–Kier alpha value is -2.87. The zero-order valence-corrected chi connectivity index (χ0v) is 17.6. The van der Waals surface area contributed by atoms with Crippen LogP contribution in [0.4, 0.5) is 5.95 Å². The van der Waals surface area contributed by atoms with E-state index in [0.717, 1.165) is 38.1 Å². The highest BCUT2D eigenvalue weighted by Crippen LogP contribution is 2.40. The third-order valence-electron chi connectivity index (χ3n) is 4.90. The molecule has 0 saturated heterocycles. The zero-order chi connectivity index (χ0) is 20.7. The van der Waals surface area contributed by atoms with Gasteiger partial charge in [0.15, 0.2) is 11.0 Å². The van der Waals surface area contributed by atoms with Crippen molar-refractivity contribution in [1.29, 1.82) is 0 Å². The van der Waals surface area contributed by atoms with Gasteiger partial charge in [0.25, 0.3) is 0 Å². The van der Waals surface area contributed by atoms with Crippen molar-refractivity contribution in [2.24, 2.45) is 0 Å². The lowest BCUT2D eigenvalue weighted by atomic mass is 9.94. The van der Waals surface area contributed by atoms with Crippen LogP contribution < -0.4 is 10.5 Å². The van der Waals surface area contributed by atoms with Gasteiger partial charge in [-0.05, 0) is 57.9 Å². The van der Waals surface area contributed by atoms with E-state index in [2.05, 4.69) is 21.0 Å². The molecule has 0 bridgehead atoms. The van der Waals surface area contributed by atoms with Crippen LogP contribution in [0.1, 0.15) is 11.1 Å². The SMILES string of the molecule is COc1cccc(Sc2nc(N)nc(-c3c(Cl)cc4c5c(cccc35)COC4)n2)c1. The summed E-state index contributed by atoms with van der Waals surface area (Å²) in [6, 6.07) is 15.7. The van der Waals surface area contributed by atoms with E-state index in [1.54, 1.807) is 7.11 Å². The second-order valence-corrected chi connectivity index (χ2v) is 8.25. The Kier molecular flexibility index (Phi) is 4.94. The van der Waals surface area contributed by atoms with Crippen LogP contribution in [0, 0.1) is 0 Å². The van der Waals surface area contributed by atoms with Gasteiger partial charge < -0.3 is 15.2 Å². The molecule has 1 aliphatic heterocycles. The first-order valence-corrected chi connectivity index (χ1v) is 10.5. The number of nitrogen functional groups attached to an aromatic ring is 1. The maximum absolute atomic E-state index is 6.68. The summed E-state index contributed by atoms with van der Waals surface area (Å²) in [7, 11) is 1.63. The van der Waals surface area contributed by atoms with E-state index in [-0.39, 0.29) is 5.95 Å². The largest absolute Gasteiger partial charge is 0.497 e. The number of hydrogen-bond acceptors (Lipinski definition) is 7. The number of hydrogen-bond donors (Lipinski definition) is 1. The molecule has 2 heterocycles. The molecule has 8 heteroatoms. The van der Waals surface area contributed by atoms with Gasteiger partial charge in [-0.3, -0.25) is 0 Å². The van der Waals surface area contributed by atoms with Crippen molar-refractivity contribution in [3.63, 3.8) is 0 Å². The van der Waals surface area contributed by atoms with Gasteiger partial charge in [0.2, 0.25) is 5.95 Å². The molecule has 5 rings (SSSR count). The molecular weight excluding hydrogens is 420 g/mol. The molecule has 0 radical (unpaired) electrons. The van der Waals surface area contributed by atoms with Gasteiger partial charge >= 0.3 is 0 Å². The molecule has 4 aromatic rings. The Balaban J connectivity index is 1.64. The summed E-state index contributed by atoms with van der Waals surface area (Å²) in [4.78, 5) is 14.3. The summed E-state index contributed by atoms with van der Waals surface area (Å²) < 4.78 is 11.0. The van der Waals surface area contributed by atoms with E-state index in [0.29, 0.717) is 29.2 Å². The number of anilines is 1. The van der Waals surface area contributed by atoms with Crippen molar-refractivity contribution in [2.75, 3.05) is 12.8 Å². The van der Waals surface area contributed by atoms with E-state index in [4.69, 9.17) is 26.8 Å². The normalized spacial score (nSPS) is 12.9. The predicted molar refractivity (Wildman–Crippen MR) is 118 cm³/mol. The van der Waals surface area contributed by atoms with Gasteiger partial charge in [0.1, 0.15) is 5.75 Å². The van der Waals surface area contributed by atoms with Gasteiger partial charge in [-0.2, -0.15) is 9.97 Å². The van der Waals surface area contributed by atoms with E-state index in [9.17, 15) is 0 Å². The summed E-state index contributed by atoms with van der Waals surface area (Å²) in [6.45, 7) is 1.10. The van der Waals surface area contributed by atoms with Crippen LogP contribution >= 0.6 is 23.4 Å². The molecule has 0 unspecified atom stereocenters. The lowest BCUT2D eigenvalue weighted by molar-refractivity contribution is 0.103. The molecule has 150 valence electrons. The van der Waals surface area contributed by atoms with Crippen LogP contribution in [0.15, 0.2) is 58.6 Å². The van der Waals surface area contributed by atoms with Crippen molar-refractivity contribution >= 4 is 40.1 Å². The molecule has 2 N–H and O–H groups in total. The smallest absolute Gasteiger partial charge is 0.224 e. The molecule has 0 amide bonds. The van der Waals surface area contributed by atoms with E-state index >= 15 is 0 Å². The Morgan fingerprint density at radius 2 is 1.87 bits per heavy atom. The van der Waals surface area contributed by atoms with Crippen LogP contribution in [0.25, 0.3) is 22.2 Å². The third-order valence-corrected chi connectivity index (χ3v) is 6.06. The molecule has 0 saturated carbocycles. The number of benzene rings is 3. The minimum absolute atomic E-state index is 0.144. The number of nitrogens with two attached hydrogens (primary N) is 1.